The van der Waals surface area contributed by atoms with Crippen molar-refractivity contribution in [2.24, 2.45) is 12.1 Å². The molecule has 6 nitrogen and oxygen atoms in total. The van der Waals surface area contributed by atoms with E-state index in [1.54, 1.807) is 18.6 Å². The smallest absolute Gasteiger partial charge is 0.350 e. The van der Waals surface area contributed by atoms with Crippen molar-refractivity contribution in [3.8, 4) is 0 Å². The van der Waals surface area contributed by atoms with Gasteiger partial charge in [-0.1, -0.05) is 0 Å². The van der Waals surface area contributed by atoms with Gasteiger partial charge in [-0.15, -0.1) is 0 Å². The number of aryl methyl sites for hydroxylation is 1. The summed E-state index contributed by atoms with van der Waals surface area (Å²) in [6.07, 6.45) is 11.2. The van der Waals surface area contributed by atoms with Gasteiger partial charge in [-0.2, -0.15) is 5.10 Å². The summed E-state index contributed by atoms with van der Waals surface area (Å²) in [7, 11) is 1.96. The lowest BCUT2D eigenvalue weighted by atomic mass is 10.1. The molecule has 2 aromatic heterocycles. The van der Waals surface area contributed by atoms with Crippen molar-refractivity contribution in [2.75, 3.05) is 0 Å². The van der Waals surface area contributed by atoms with E-state index in [0.717, 1.165) is 12.0 Å². The molecule has 0 aromatic carbocycles. The molecule has 0 aliphatic carbocycles. The highest BCUT2D eigenvalue weighted by Crippen LogP contribution is 2.28. The third-order valence-corrected chi connectivity index (χ3v) is 2.99. The van der Waals surface area contributed by atoms with Gasteiger partial charge in [0.05, 0.1) is 6.04 Å². The molecule has 92 valence electrons. The first-order chi connectivity index (χ1) is 8.75. The lowest BCUT2D eigenvalue weighted by molar-refractivity contribution is 0.188. The van der Waals surface area contributed by atoms with E-state index in [-0.39, 0.29) is 12.1 Å². The molecule has 0 radical (unpaired) electrons. The van der Waals surface area contributed by atoms with Crippen LogP contribution in [0.25, 0.3) is 0 Å². The molecule has 3 heterocycles. The maximum absolute atomic E-state index is 12.2. The number of carbonyl (C=O) groups excluding carboxylic acids is 1. The average Bonchev–Trinajstić information content (AvgIpc) is 3.09. The van der Waals surface area contributed by atoms with Crippen molar-refractivity contribution < 1.29 is 4.79 Å². The third-order valence-electron chi connectivity index (χ3n) is 2.99. The normalized spacial score (nSPS) is 18.5. The van der Waals surface area contributed by atoms with Crippen molar-refractivity contribution in [3.05, 3.63) is 42.7 Å². The SMILES string of the molecule is Cn1ccc(C2CC=NN2C(=O)n2ccnc2)c1. The second kappa shape index (κ2) is 4.14. The highest BCUT2D eigenvalue weighted by Gasteiger charge is 2.29. The van der Waals surface area contributed by atoms with Crippen LogP contribution in [0.2, 0.25) is 0 Å². The van der Waals surface area contributed by atoms with E-state index in [9.17, 15) is 4.79 Å². The van der Waals surface area contributed by atoms with Gasteiger partial charge in [-0.3, -0.25) is 4.57 Å². The summed E-state index contributed by atoms with van der Waals surface area (Å²) in [6, 6.07) is 1.80. The zero-order chi connectivity index (χ0) is 12.5. The van der Waals surface area contributed by atoms with Crippen molar-refractivity contribution in [1.82, 2.24) is 19.1 Å². The summed E-state index contributed by atoms with van der Waals surface area (Å²) >= 11 is 0. The quantitative estimate of drug-likeness (QED) is 0.764. The van der Waals surface area contributed by atoms with Crippen LogP contribution < -0.4 is 0 Å². The maximum atomic E-state index is 12.2. The van der Waals surface area contributed by atoms with Crippen LogP contribution >= 0.6 is 0 Å². The van der Waals surface area contributed by atoms with Crippen LogP contribution in [0, 0.1) is 0 Å². The van der Waals surface area contributed by atoms with Crippen molar-refractivity contribution in [1.29, 1.82) is 0 Å². The summed E-state index contributed by atoms with van der Waals surface area (Å²) in [5, 5.41) is 5.66. The summed E-state index contributed by atoms with van der Waals surface area (Å²) in [6.45, 7) is 0. The van der Waals surface area contributed by atoms with Crippen LogP contribution in [0.15, 0.2) is 42.3 Å². The Balaban J connectivity index is 1.87. The molecule has 1 aliphatic rings. The van der Waals surface area contributed by atoms with Gasteiger partial charge in [-0.05, 0) is 11.6 Å². The Kier molecular flexibility index (Phi) is 2.47. The Morgan fingerprint density at radius 1 is 1.44 bits per heavy atom. The van der Waals surface area contributed by atoms with Crippen molar-refractivity contribution in [3.63, 3.8) is 0 Å². The zero-order valence-corrected chi connectivity index (χ0v) is 9.97. The molecular formula is C12H13N5O. The molecule has 0 N–H and O–H groups in total. The molecule has 0 saturated carbocycles. The minimum atomic E-state index is -0.185. The first kappa shape index (κ1) is 10.8. The van der Waals surface area contributed by atoms with E-state index in [1.165, 1.54) is 15.9 Å². The first-order valence-electron chi connectivity index (χ1n) is 5.71. The molecule has 0 spiro atoms. The van der Waals surface area contributed by atoms with E-state index in [2.05, 4.69) is 10.1 Å². The summed E-state index contributed by atoms with van der Waals surface area (Å²) in [5.74, 6) is 0. The highest BCUT2D eigenvalue weighted by atomic mass is 16.2. The minimum Gasteiger partial charge on any atom is -0.357 e. The average molecular weight is 243 g/mol. The topological polar surface area (TPSA) is 55.4 Å². The number of carbonyl (C=O) groups is 1. The molecule has 2 aromatic rings. The van der Waals surface area contributed by atoms with Crippen molar-refractivity contribution >= 4 is 12.2 Å². The van der Waals surface area contributed by atoms with Gasteiger partial charge < -0.3 is 4.57 Å². The summed E-state index contributed by atoms with van der Waals surface area (Å²) in [4.78, 5) is 16.1. The van der Waals surface area contributed by atoms with E-state index >= 15 is 0 Å². The minimum absolute atomic E-state index is 0.0268. The largest absolute Gasteiger partial charge is 0.357 e. The molecule has 1 unspecified atom stereocenters. The van der Waals surface area contributed by atoms with Crippen LogP contribution in [0.4, 0.5) is 4.79 Å². The Morgan fingerprint density at radius 2 is 2.33 bits per heavy atom. The van der Waals surface area contributed by atoms with Crippen LogP contribution in [0.1, 0.15) is 18.0 Å². The number of rotatable bonds is 1. The molecule has 1 aliphatic heterocycles. The standard InChI is InChI=1S/C12H13N5O/c1-15-6-3-10(8-15)11-2-4-14-17(11)12(18)16-7-5-13-9-16/h3-9,11H,2H2,1H3. The van der Waals surface area contributed by atoms with Gasteiger partial charge in [0, 0.05) is 44.5 Å². The number of nitrogens with zero attached hydrogens (tertiary/aromatic N) is 5. The fraction of sp³-hybridized carbons (Fsp3) is 0.250. The predicted molar refractivity (Wildman–Crippen MR) is 66.1 cm³/mol. The Bertz CT molecular complexity index is 583. The molecule has 18 heavy (non-hydrogen) atoms. The Hall–Kier alpha value is -2.37. The lowest BCUT2D eigenvalue weighted by Gasteiger charge is -2.20. The van der Waals surface area contributed by atoms with E-state index in [4.69, 9.17) is 0 Å². The van der Waals surface area contributed by atoms with Crippen LogP contribution in [-0.2, 0) is 7.05 Å². The third kappa shape index (κ3) is 1.71. The fourth-order valence-corrected chi connectivity index (χ4v) is 2.09. The van der Waals surface area contributed by atoms with Gasteiger partial charge in [0.15, 0.2) is 0 Å². The number of aromatic nitrogens is 3. The molecule has 3 rings (SSSR count). The molecule has 0 fully saturated rings. The van der Waals surface area contributed by atoms with Crippen LogP contribution in [-0.4, -0.2) is 31.4 Å². The number of hydrogen-bond donors (Lipinski definition) is 0. The van der Waals surface area contributed by atoms with Crippen LogP contribution in [0.5, 0.6) is 0 Å². The molecule has 1 atom stereocenters. The maximum Gasteiger partial charge on any atom is 0.350 e. The summed E-state index contributed by atoms with van der Waals surface area (Å²) < 4.78 is 3.39. The lowest BCUT2D eigenvalue weighted by Crippen LogP contribution is -2.30. The number of hydrogen-bond acceptors (Lipinski definition) is 3. The number of hydrazone groups is 1. The molecule has 0 bridgehead atoms. The second-order valence-electron chi connectivity index (χ2n) is 4.26. The Morgan fingerprint density at radius 3 is 3.00 bits per heavy atom. The molecular weight excluding hydrogens is 230 g/mol. The van der Waals surface area contributed by atoms with Gasteiger partial charge in [0.1, 0.15) is 6.33 Å². The van der Waals surface area contributed by atoms with E-state index in [0.29, 0.717) is 0 Å². The monoisotopic (exact) mass is 243 g/mol. The fourth-order valence-electron chi connectivity index (χ4n) is 2.09. The van der Waals surface area contributed by atoms with E-state index < -0.39 is 0 Å². The number of imidazole rings is 1. The first-order valence-corrected chi connectivity index (χ1v) is 5.71. The van der Waals surface area contributed by atoms with Gasteiger partial charge in [0.25, 0.3) is 0 Å². The predicted octanol–water partition coefficient (Wildman–Crippen LogP) is 1.62. The second-order valence-corrected chi connectivity index (χ2v) is 4.26. The molecule has 1 amide bonds. The van der Waals surface area contributed by atoms with E-state index in [1.807, 2.05) is 30.1 Å². The molecule has 0 saturated heterocycles. The summed E-state index contributed by atoms with van der Waals surface area (Å²) in [5.41, 5.74) is 1.09. The van der Waals surface area contributed by atoms with Gasteiger partial charge >= 0.3 is 6.03 Å². The Labute approximate surface area is 104 Å². The number of amides is 1. The van der Waals surface area contributed by atoms with Crippen LogP contribution in [0.3, 0.4) is 0 Å². The molecule has 6 heteroatoms. The van der Waals surface area contributed by atoms with Gasteiger partial charge in [0.2, 0.25) is 0 Å². The highest BCUT2D eigenvalue weighted by molar-refractivity contribution is 5.80. The zero-order valence-electron chi connectivity index (χ0n) is 9.97. The van der Waals surface area contributed by atoms with Gasteiger partial charge in [-0.25, -0.2) is 14.8 Å². The van der Waals surface area contributed by atoms with Crippen molar-refractivity contribution in [2.45, 2.75) is 12.5 Å².